The van der Waals surface area contributed by atoms with Gasteiger partial charge in [-0.05, 0) is 64.2 Å². The Morgan fingerprint density at radius 2 is 1.19 bits per heavy atom. The second kappa shape index (κ2) is 15.7. The standard InChI is InChI=1S/C26H43F3O3/c1-5-9-10-11-12-13-16-24(26(30-6-2,31-7-3)32-8-4)17-14-15-22-18-20-23(21-19-22)25(27,28)29/h18-21,24H,5-17H2,1-4H3. The van der Waals surface area contributed by atoms with Gasteiger partial charge in [0.15, 0.2) is 0 Å². The summed E-state index contributed by atoms with van der Waals surface area (Å²) in [5.74, 6) is -0.982. The van der Waals surface area contributed by atoms with E-state index in [0.717, 1.165) is 43.4 Å². The van der Waals surface area contributed by atoms with Gasteiger partial charge in [0, 0.05) is 25.7 Å². The van der Waals surface area contributed by atoms with Crippen molar-refractivity contribution in [1.29, 1.82) is 0 Å². The third-order valence-electron chi connectivity index (χ3n) is 5.74. The Morgan fingerprint density at radius 1 is 0.688 bits per heavy atom. The SMILES string of the molecule is CCCCCCCCC(CCCc1ccc(C(F)(F)F)cc1)C(OCC)(OCC)OCC. The molecule has 0 radical (unpaired) electrons. The minimum atomic E-state index is -4.30. The van der Waals surface area contributed by atoms with Crippen LogP contribution in [-0.2, 0) is 26.8 Å². The molecule has 1 rings (SSSR count). The summed E-state index contributed by atoms with van der Waals surface area (Å²) in [5, 5.41) is 0. The fourth-order valence-corrected chi connectivity index (χ4v) is 4.16. The van der Waals surface area contributed by atoms with Crippen LogP contribution in [0.1, 0.15) is 96.6 Å². The molecule has 0 aromatic heterocycles. The summed E-state index contributed by atoms with van der Waals surface area (Å²) in [6, 6.07) is 5.47. The van der Waals surface area contributed by atoms with E-state index in [9.17, 15) is 13.2 Å². The lowest BCUT2D eigenvalue weighted by molar-refractivity contribution is -0.403. The number of ether oxygens (including phenoxy) is 3. The molecule has 1 aromatic carbocycles. The monoisotopic (exact) mass is 460 g/mol. The van der Waals surface area contributed by atoms with Gasteiger partial charge in [0.25, 0.3) is 5.97 Å². The summed E-state index contributed by atoms with van der Waals surface area (Å²) in [6.07, 6.45) is 6.29. The van der Waals surface area contributed by atoms with Crippen molar-refractivity contribution in [3.8, 4) is 0 Å². The average Bonchev–Trinajstić information content (AvgIpc) is 2.75. The number of hydrogen-bond acceptors (Lipinski definition) is 3. The van der Waals surface area contributed by atoms with Crippen molar-refractivity contribution in [3.63, 3.8) is 0 Å². The van der Waals surface area contributed by atoms with E-state index in [-0.39, 0.29) is 5.92 Å². The van der Waals surface area contributed by atoms with E-state index >= 15 is 0 Å². The minimum Gasteiger partial charge on any atom is -0.328 e. The summed E-state index contributed by atoms with van der Waals surface area (Å²) in [5.41, 5.74) is 0.302. The molecule has 3 nitrogen and oxygen atoms in total. The predicted octanol–water partition coefficient (Wildman–Crippen LogP) is 8.16. The van der Waals surface area contributed by atoms with Crippen molar-refractivity contribution in [2.24, 2.45) is 5.92 Å². The molecule has 32 heavy (non-hydrogen) atoms. The Morgan fingerprint density at radius 3 is 1.69 bits per heavy atom. The van der Waals surface area contributed by atoms with Crippen LogP contribution in [0, 0.1) is 5.92 Å². The molecule has 0 aliphatic rings. The molecule has 1 aromatic rings. The first-order chi connectivity index (χ1) is 15.3. The molecule has 1 atom stereocenters. The highest BCUT2D eigenvalue weighted by Crippen LogP contribution is 2.35. The van der Waals surface area contributed by atoms with E-state index in [1.54, 1.807) is 12.1 Å². The van der Waals surface area contributed by atoms with E-state index in [1.165, 1.54) is 32.1 Å². The maximum atomic E-state index is 12.8. The van der Waals surface area contributed by atoms with Gasteiger partial charge in [-0.15, -0.1) is 0 Å². The lowest BCUT2D eigenvalue weighted by atomic mass is 9.91. The Bertz CT molecular complexity index is 570. The topological polar surface area (TPSA) is 27.7 Å². The van der Waals surface area contributed by atoms with Crippen molar-refractivity contribution in [2.75, 3.05) is 19.8 Å². The summed E-state index contributed by atoms with van der Waals surface area (Å²) in [6.45, 7) is 9.52. The van der Waals surface area contributed by atoms with Crippen LogP contribution in [0.25, 0.3) is 0 Å². The highest BCUT2D eigenvalue weighted by Gasteiger charge is 2.41. The Labute approximate surface area is 193 Å². The highest BCUT2D eigenvalue weighted by molar-refractivity contribution is 5.24. The zero-order chi connectivity index (χ0) is 23.9. The second-order valence-electron chi connectivity index (χ2n) is 8.24. The summed E-state index contributed by atoms with van der Waals surface area (Å²) < 4.78 is 56.6. The molecule has 6 heteroatoms. The Hall–Kier alpha value is -1.11. The molecule has 0 spiro atoms. The van der Waals surface area contributed by atoms with Gasteiger partial charge in [0.05, 0.1) is 5.56 Å². The van der Waals surface area contributed by atoms with E-state index < -0.39 is 17.7 Å². The van der Waals surface area contributed by atoms with E-state index in [1.807, 2.05) is 20.8 Å². The first-order valence-corrected chi connectivity index (χ1v) is 12.4. The molecule has 0 aliphatic heterocycles. The number of aryl methyl sites for hydroxylation is 1. The summed E-state index contributed by atoms with van der Waals surface area (Å²) in [4.78, 5) is 0. The molecular weight excluding hydrogens is 417 g/mol. The molecule has 0 saturated heterocycles. The minimum absolute atomic E-state index is 0.0722. The van der Waals surface area contributed by atoms with Crippen molar-refractivity contribution in [1.82, 2.24) is 0 Å². The molecule has 0 N–H and O–H groups in total. The zero-order valence-corrected chi connectivity index (χ0v) is 20.4. The fourth-order valence-electron chi connectivity index (χ4n) is 4.16. The maximum absolute atomic E-state index is 12.8. The normalized spacial score (nSPS) is 13.5. The molecule has 0 bridgehead atoms. The van der Waals surface area contributed by atoms with Gasteiger partial charge in [-0.1, -0.05) is 57.6 Å². The number of benzene rings is 1. The van der Waals surface area contributed by atoms with Gasteiger partial charge in [0.2, 0.25) is 0 Å². The van der Waals surface area contributed by atoms with E-state index in [0.29, 0.717) is 26.2 Å². The van der Waals surface area contributed by atoms with Crippen LogP contribution >= 0.6 is 0 Å². The molecule has 186 valence electrons. The number of rotatable bonds is 18. The van der Waals surface area contributed by atoms with Crippen molar-refractivity contribution in [3.05, 3.63) is 35.4 Å². The Kier molecular flexibility index (Phi) is 14.2. The van der Waals surface area contributed by atoms with Gasteiger partial charge in [-0.25, -0.2) is 0 Å². The lowest BCUT2D eigenvalue weighted by Crippen LogP contribution is -2.46. The lowest BCUT2D eigenvalue weighted by Gasteiger charge is -2.39. The molecular formula is C26H43F3O3. The van der Waals surface area contributed by atoms with Gasteiger partial charge in [-0.3, -0.25) is 0 Å². The average molecular weight is 461 g/mol. The quantitative estimate of drug-likeness (QED) is 0.163. The number of unbranched alkanes of at least 4 members (excludes halogenated alkanes) is 5. The van der Waals surface area contributed by atoms with E-state index in [2.05, 4.69) is 6.92 Å². The van der Waals surface area contributed by atoms with Crippen molar-refractivity contribution >= 4 is 0 Å². The largest absolute Gasteiger partial charge is 0.416 e. The van der Waals surface area contributed by atoms with Crippen LogP contribution in [0.3, 0.4) is 0 Å². The van der Waals surface area contributed by atoms with E-state index in [4.69, 9.17) is 14.2 Å². The third-order valence-corrected chi connectivity index (χ3v) is 5.74. The molecule has 0 amide bonds. The molecule has 0 fully saturated rings. The van der Waals surface area contributed by atoms with Crippen LogP contribution in [0.4, 0.5) is 13.2 Å². The number of hydrogen-bond donors (Lipinski definition) is 0. The number of alkyl halides is 3. The van der Waals surface area contributed by atoms with Gasteiger partial charge in [-0.2, -0.15) is 13.2 Å². The molecule has 0 saturated carbocycles. The summed E-state index contributed by atoms with van der Waals surface area (Å²) >= 11 is 0. The first-order valence-electron chi connectivity index (χ1n) is 12.4. The van der Waals surface area contributed by atoms with Crippen LogP contribution in [0.5, 0.6) is 0 Å². The van der Waals surface area contributed by atoms with Gasteiger partial charge < -0.3 is 14.2 Å². The highest BCUT2D eigenvalue weighted by atomic mass is 19.4. The maximum Gasteiger partial charge on any atom is 0.416 e. The van der Waals surface area contributed by atoms with Crippen molar-refractivity contribution in [2.45, 2.75) is 104 Å². The zero-order valence-electron chi connectivity index (χ0n) is 20.4. The smallest absolute Gasteiger partial charge is 0.328 e. The van der Waals surface area contributed by atoms with Crippen molar-refractivity contribution < 1.29 is 27.4 Å². The van der Waals surface area contributed by atoms with Crippen LogP contribution in [-0.4, -0.2) is 25.8 Å². The van der Waals surface area contributed by atoms with Crippen LogP contribution in [0.2, 0.25) is 0 Å². The molecule has 0 heterocycles. The summed E-state index contributed by atoms with van der Waals surface area (Å²) in [7, 11) is 0. The van der Waals surface area contributed by atoms with Crippen LogP contribution < -0.4 is 0 Å². The second-order valence-corrected chi connectivity index (χ2v) is 8.24. The van der Waals surface area contributed by atoms with Gasteiger partial charge >= 0.3 is 6.18 Å². The first kappa shape index (κ1) is 28.9. The fraction of sp³-hybridized carbons (Fsp3) is 0.769. The third kappa shape index (κ3) is 10.2. The van der Waals surface area contributed by atoms with Gasteiger partial charge in [0.1, 0.15) is 0 Å². The van der Waals surface area contributed by atoms with Crippen LogP contribution in [0.15, 0.2) is 24.3 Å². The number of halogens is 3. The Balaban J connectivity index is 2.79. The molecule has 0 aliphatic carbocycles. The molecule has 1 unspecified atom stereocenters. The predicted molar refractivity (Wildman–Crippen MR) is 123 cm³/mol.